The number of ketones is 1. The third-order valence-electron chi connectivity index (χ3n) is 2.68. The number of carbonyl (C=O) groups is 1. The fourth-order valence-electron chi connectivity index (χ4n) is 1.60. The average Bonchev–Trinajstić information content (AvgIpc) is 2.46. The summed E-state index contributed by atoms with van der Waals surface area (Å²) in [5.74, 6) is -0.0863. The quantitative estimate of drug-likeness (QED) is 0.400. The third kappa shape index (κ3) is 3.29. The van der Waals surface area contributed by atoms with Crippen LogP contribution in [0.25, 0.3) is 6.08 Å². The van der Waals surface area contributed by atoms with Gasteiger partial charge in [-0.25, -0.2) is 0 Å². The number of phenols is 1. The van der Waals surface area contributed by atoms with Gasteiger partial charge in [0.1, 0.15) is 5.75 Å². The molecule has 0 bridgehead atoms. The van der Waals surface area contributed by atoms with Crippen LogP contribution in [0, 0.1) is 10.1 Å². The van der Waals surface area contributed by atoms with Gasteiger partial charge in [0.25, 0.3) is 5.69 Å². The van der Waals surface area contributed by atoms with Crippen molar-refractivity contribution in [1.82, 2.24) is 0 Å². The fourth-order valence-corrected chi connectivity index (χ4v) is 1.60. The molecule has 0 unspecified atom stereocenters. The van der Waals surface area contributed by atoms with Gasteiger partial charge in [0, 0.05) is 17.7 Å². The zero-order chi connectivity index (χ0) is 14.5. The van der Waals surface area contributed by atoms with E-state index in [0.717, 1.165) is 5.56 Å². The Morgan fingerprint density at radius 2 is 1.65 bits per heavy atom. The third-order valence-corrected chi connectivity index (χ3v) is 2.68. The summed E-state index contributed by atoms with van der Waals surface area (Å²) in [6, 6.07) is 11.8. The molecule has 100 valence electrons. The SMILES string of the molecule is O=C(C=Cc1ccc(O)cc1)c1ccc([N+](=O)[O-])cc1. The van der Waals surface area contributed by atoms with Crippen molar-refractivity contribution < 1.29 is 14.8 Å². The average molecular weight is 269 g/mol. The van der Waals surface area contributed by atoms with E-state index in [9.17, 15) is 14.9 Å². The predicted molar refractivity (Wildman–Crippen MR) is 74.6 cm³/mol. The Kier molecular flexibility index (Phi) is 3.91. The molecular weight excluding hydrogens is 258 g/mol. The van der Waals surface area contributed by atoms with Gasteiger partial charge in [-0.15, -0.1) is 0 Å². The van der Waals surface area contributed by atoms with Crippen molar-refractivity contribution in [1.29, 1.82) is 0 Å². The zero-order valence-electron chi connectivity index (χ0n) is 10.4. The molecule has 0 aromatic heterocycles. The molecule has 0 amide bonds. The maximum atomic E-state index is 11.9. The van der Waals surface area contributed by atoms with Crippen molar-refractivity contribution in [3.63, 3.8) is 0 Å². The summed E-state index contributed by atoms with van der Waals surface area (Å²) in [5.41, 5.74) is 1.10. The topological polar surface area (TPSA) is 80.4 Å². The van der Waals surface area contributed by atoms with Crippen LogP contribution in [0.1, 0.15) is 15.9 Å². The minimum atomic E-state index is -0.513. The Labute approximate surface area is 115 Å². The molecule has 1 N–H and O–H groups in total. The standard InChI is InChI=1S/C15H11NO4/c17-14-8-1-11(2-9-14)3-10-15(18)12-4-6-13(7-5-12)16(19)20/h1-10,17H. The molecule has 0 saturated carbocycles. The van der Waals surface area contributed by atoms with E-state index < -0.39 is 4.92 Å². The van der Waals surface area contributed by atoms with Crippen LogP contribution in [0.15, 0.2) is 54.6 Å². The first-order valence-corrected chi connectivity index (χ1v) is 5.82. The Bertz CT molecular complexity index is 657. The summed E-state index contributed by atoms with van der Waals surface area (Å²) in [7, 11) is 0. The molecule has 20 heavy (non-hydrogen) atoms. The lowest BCUT2D eigenvalue weighted by Crippen LogP contribution is -1.95. The first-order valence-electron chi connectivity index (χ1n) is 5.82. The molecule has 0 aliphatic carbocycles. The molecule has 5 nitrogen and oxygen atoms in total. The van der Waals surface area contributed by atoms with Crippen LogP contribution in [0.5, 0.6) is 5.75 Å². The summed E-state index contributed by atoms with van der Waals surface area (Å²) in [5, 5.41) is 19.6. The number of rotatable bonds is 4. The molecule has 0 spiro atoms. The van der Waals surface area contributed by atoms with E-state index in [1.165, 1.54) is 42.5 Å². The van der Waals surface area contributed by atoms with E-state index in [0.29, 0.717) is 5.56 Å². The molecule has 0 atom stereocenters. The summed E-state index contributed by atoms with van der Waals surface area (Å²) in [4.78, 5) is 21.9. The van der Waals surface area contributed by atoms with Crippen LogP contribution >= 0.6 is 0 Å². The van der Waals surface area contributed by atoms with E-state index in [1.807, 2.05) is 0 Å². The smallest absolute Gasteiger partial charge is 0.269 e. The van der Waals surface area contributed by atoms with E-state index in [4.69, 9.17) is 5.11 Å². The summed E-state index contributed by atoms with van der Waals surface area (Å²) in [6.07, 6.45) is 3.00. The van der Waals surface area contributed by atoms with Gasteiger partial charge in [0.15, 0.2) is 5.78 Å². The van der Waals surface area contributed by atoms with Gasteiger partial charge in [-0.3, -0.25) is 14.9 Å². The molecule has 2 rings (SSSR count). The number of nitro groups is 1. The predicted octanol–water partition coefficient (Wildman–Crippen LogP) is 3.20. The first-order chi connectivity index (χ1) is 9.56. The van der Waals surface area contributed by atoms with Crippen LogP contribution in [0.4, 0.5) is 5.69 Å². The number of phenolic OH excluding ortho intramolecular Hbond substituents is 1. The van der Waals surface area contributed by atoms with Crippen molar-refractivity contribution in [3.05, 3.63) is 75.8 Å². The van der Waals surface area contributed by atoms with Gasteiger partial charge in [0.2, 0.25) is 0 Å². The highest BCUT2D eigenvalue weighted by molar-refractivity contribution is 6.06. The second-order valence-corrected chi connectivity index (χ2v) is 4.09. The number of carbonyl (C=O) groups excluding carboxylic acids is 1. The molecule has 0 aliphatic rings. The number of non-ortho nitro benzene ring substituents is 1. The van der Waals surface area contributed by atoms with Crippen molar-refractivity contribution >= 4 is 17.5 Å². The molecule has 0 fully saturated rings. The Balaban J connectivity index is 2.11. The van der Waals surface area contributed by atoms with E-state index in [1.54, 1.807) is 18.2 Å². The minimum absolute atomic E-state index is 0.0518. The highest BCUT2D eigenvalue weighted by Gasteiger charge is 2.07. The number of benzene rings is 2. The van der Waals surface area contributed by atoms with Crippen LogP contribution < -0.4 is 0 Å². The Hall–Kier alpha value is -2.95. The number of nitrogens with zero attached hydrogens (tertiary/aromatic N) is 1. The molecule has 5 heteroatoms. The van der Waals surface area contributed by atoms with E-state index >= 15 is 0 Å². The lowest BCUT2D eigenvalue weighted by molar-refractivity contribution is -0.384. The normalized spacial score (nSPS) is 10.6. The number of hydrogen-bond acceptors (Lipinski definition) is 4. The second-order valence-electron chi connectivity index (χ2n) is 4.09. The van der Waals surface area contributed by atoms with Gasteiger partial charge in [-0.1, -0.05) is 18.2 Å². The summed E-state index contributed by atoms with van der Waals surface area (Å²) < 4.78 is 0. The van der Waals surface area contributed by atoms with Crippen molar-refractivity contribution in [2.45, 2.75) is 0 Å². The number of allylic oxidation sites excluding steroid dienone is 1. The summed E-state index contributed by atoms with van der Waals surface area (Å²) >= 11 is 0. The van der Waals surface area contributed by atoms with Gasteiger partial charge in [0.05, 0.1) is 4.92 Å². The van der Waals surface area contributed by atoms with Gasteiger partial charge in [-0.05, 0) is 35.9 Å². The monoisotopic (exact) mass is 269 g/mol. The van der Waals surface area contributed by atoms with Crippen LogP contribution in [-0.2, 0) is 0 Å². The molecule has 0 radical (unpaired) electrons. The molecule has 2 aromatic carbocycles. The van der Waals surface area contributed by atoms with Crippen LogP contribution in [-0.4, -0.2) is 15.8 Å². The maximum Gasteiger partial charge on any atom is 0.269 e. The van der Waals surface area contributed by atoms with E-state index in [2.05, 4.69) is 0 Å². The van der Waals surface area contributed by atoms with Gasteiger partial charge < -0.3 is 5.11 Å². The highest BCUT2D eigenvalue weighted by atomic mass is 16.6. The summed E-state index contributed by atoms with van der Waals surface area (Å²) in [6.45, 7) is 0. The lowest BCUT2D eigenvalue weighted by Gasteiger charge is -1.96. The van der Waals surface area contributed by atoms with Gasteiger partial charge in [-0.2, -0.15) is 0 Å². The first kappa shape index (κ1) is 13.5. The molecule has 0 aliphatic heterocycles. The van der Waals surface area contributed by atoms with Gasteiger partial charge >= 0.3 is 0 Å². The fraction of sp³-hybridized carbons (Fsp3) is 0. The Morgan fingerprint density at radius 1 is 1.05 bits per heavy atom. The highest BCUT2D eigenvalue weighted by Crippen LogP contribution is 2.14. The molecule has 0 heterocycles. The second kappa shape index (κ2) is 5.79. The van der Waals surface area contributed by atoms with Crippen molar-refractivity contribution in [2.75, 3.05) is 0 Å². The number of hydrogen-bond donors (Lipinski definition) is 1. The number of aromatic hydroxyl groups is 1. The molecule has 2 aromatic rings. The van der Waals surface area contributed by atoms with Crippen molar-refractivity contribution in [2.24, 2.45) is 0 Å². The van der Waals surface area contributed by atoms with E-state index in [-0.39, 0.29) is 17.2 Å². The maximum absolute atomic E-state index is 11.9. The van der Waals surface area contributed by atoms with Crippen molar-refractivity contribution in [3.8, 4) is 5.75 Å². The molecule has 0 saturated heterocycles. The Morgan fingerprint density at radius 3 is 2.20 bits per heavy atom. The molecular formula is C15H11NO4. The minimum Gasteiger partial charge on any atom is -0.508 e. The largest absolute Gasteiger partial charge is 0.508 e. The number of nitro benzene ring substituents is 1. The van der Waals surface area contributed by atoms with Crippen LogP contribution in [0.2, 0.25) is 0 Å². The van der Waals surface area contributed by atoms with Crippen LogP contribution in [0.3, 0.4) is 0 Å². The lowest BCUT2D eigenvalue weighted by atomic mass is 10.1. The zero-order valence-corrected chi connectivity index (χ0v) is 10.4.